The first kappa shape index (κ1) is 18.1. The summed E-state index contributed by atoms with van der Waals surface area (Å²) in [5, 5.41) is 6.97. The topological polar surface area (TPSA) is 56.7 Å². The van der Waals surface area contributed by atoms with Gasteiger partial charge < -0.3 is 15.5 Å². The molecule has 0 aromatic heterocycles. The highest BCUT2D eigenvalue weighted by atomic mass is 16.2. The normalized spacial score (nSPS) is 28.7. The van der Waals surface area contributed by atoms with E-state index in [0.29, 0.717) is 12.5 Å². The summed E-state index contributed by atoms with van der Waals surface area (Å²) in [6, 6.07) is 0.326. The first-order chi connectivity index (χ1) is 11.2. The second-order valence-corrected chi connectivity index (χ2v) is 7.07. The first-order valence-corrected chi connectivity index (χ1v) is 9.41. The monoisotopic (exact) mass is 322 g/mol. The van der Waals surface area contributed by atoms with Gasteiger partial charge in [0.05, 0.1) is 0 Å². The van der Waals surface area contributed by atoms with E-state index in [1.165, 1.54) is 32.1 Å². The van der Waals surface area contributed by atoms with Crippen molar-refractivity contribution in [2.45, 2.75) is 64.8 Å². The zero-order valence-corrected chi connectivity index (χ0v) is 15.1. The number of likely N-dealkylation sites (tertiary alicyclic amines) is 1. The van der Waals surface area contributed by atoms with Gasteiger partial charge in [0.25, 0.3) is 0 Å². The van der Waals surface area contributed by atoms with Crippen LogP contribution in [-0.4, -0.2) is 49.5 Å². The Kier molecular flexibility index (Phi) is 7.18. The number of rotatable bonds is 5. The van der Waals surface area contributed by atoms with Gasteiger partial charge in [0.2, 0.25) is 5.91 Å². The third kappa shape index (κ3) is 5.40. The summed E-state index contributed by atoms with van der Waals surface area (Å²) < 4.78 is 0. The van der Waals surface area contributed by atoms with Crippen LogP contribution >= 0.6 is 0 Å². The first-order valence-electron chi connectivity index (χ1n) is 9.41. The predicted octanol–water partition coefficient (Wildman–Crippen LogP) is 2.38. The van der Waals surface area contributed by atoms with Crippen LogP contribution in [0.3, 0.4) is 0 Å². The number of nitrogens with zero attached hydrogens (tertiary/aromatic N) is 2. The summed E-state index contributed by atoms with van der Waals surface area (Å²) in [4.78, 5) is 18.1. The average molecular weight is 322 g/mol. The lowest BCUT2D eigenvalue weighted by Crippen LogP contribution is -2.46. The van der Waals surface area contributed by atoms with Crippen molar-refractivity contribution in [3.8, 4) is 0 Å². The quantitative estimate of drug-likeness (QED) is 0.603. The van der Waals surface area contributed by atoms with Crippen LogP contribution in [0.1, 0.15) is 58.8 Å². The van der Waals surface area contributed by atoms with Gasteiger partial charge in [-0.3, -0.25) is 9.79 Å². The Bertz CT molecular complexity index is 402. The van der Waals surface area contributed by atoms with Crippen LogP contribution in [0.25, 0.3) is 0 Å². The van der Waals surface area contributed by atoms with Crippen molar-refractivity contribution in [3.05, 3.63) is 0 Å². The van der Waals surface area contributed by atoms with Crippen LogP contribution in [-0.2, 0) is 4.79 Å². The van der Waals surface area contributed by atoms with Crippen LogP contribution < -0.4 is 10.6 Å². The largest absolute Gasteiger partial charge is 0.356 e. The summed E-state index contributed by atoms with van der Waals surface area (Å²) in [5.74, 6) is 2.87. The molecule has 132 valence electrons. The molecule has 0 aromatic rings. The maximum absolute atomic E-state index is 11.8. The van der Waals surface area contributed by atoms with Gasteiger partial charge in [0, 0.05) is 39.1 Å². The molecule has 2 aliphatic rings. The highest BCUT2D eigenvalue weighted by Gasteiger charge is 2.26. The van der Waals surface area contributed by atoms with Crippen molar-refractivity contribution in [2.24, 2.45) is 16.8 Å². The fourth-order valence-electron chi connectivity index (χ4n) is 3.80. The zero-order chi connectivity index (χ0) is 16.7. The number of guanidine groups is 1. The summed E-state index contributed by atoms with van der Waals surface area (Å²) in [7, 11) is 1.83. The molecule has 5 nitrogen and oxygen atoms in total. The van der Waals surface area contributed by atoms with Gasteiger partial charge in [-0.2, -0.15) is 0 Å². The third-order valence-corrected chi connectivity index (χ3v) is 5.51. The molecule has 2 rings (SSSR count). The Hall–Kier alpha value is -1.26. The standard InChI is InChI=1S/C18H34N4O/c1-4-14-6-8-15(9-7-14)12-20-18(19-3)21-16-10-11-22(13-16)17(23)5-2/h14-16H,4-13H2,1-3H3,(H2,19,20,21). The van der Waals surface area contributed by atoms with E-state index in [1.54, 1.807) is 0 Å². The highest BCUT2D eigenvalue weighted by Crippen LogP contribution is 2.30. The fraction of sp³-hybridized carbons (Fsp3) is 0.889. The molecule has 1 aliphatic heterocycles. The molecule has 1 heterocycles. The molecule has 1 saturated carbocycles. The molecule has 0 spiro atoms. The number of nitrogens with one attached hydrogen (secondary N) is 2. The number of carbonyl (C=O) groups is 1. The van der Waals surface area contributed by atoms with Gasteiger partial charge in [-0.05, 0) is 31.1 Å². The van der Waals surface area contributed by atoms with E-state index in [9.17, 15) is 4.79 Å². The molecular formula is C18H34N4O. The van der Waals surface area contributed by atoms with Gasteiger partial charge in [-0.25, -0.2) is 0 Å². The Morgan fingerprint density at radius 2 is 1.83 bits per heavy atom. The van der Waals surface area contributed by atoms with E-state index >= 15 is 0 Å². The summed E-state index contributed by atoms with van der Waals surface area (Å²) in [5.41, 5.74) is 0. The van der Waals surface area contributed by atoms with E-state index < -0.39 is 0 Å². The van der Waals surface area contributed by atoms with Gasteiger partial charge in [-0.1, -0.05) is 33.1 Å². The third-order valence-electron chi connectivity index (χ3n) is 5.51. The zero-order valence-electron chi connectivity index (χ0n) is 15.1. The molecule has 1 atom stereocenters. The smallest absolute Gasteiger partial charge is 0.222 e. The average Bonchev–Trinajstić information content (AvgIpc) is 3.06. The molecule has 2 N–H and O–H groups in total. The summed E-state index contributed by atoms with van der Waals surface area (Å²) in [6.07, 6.45) is 8.37. The fourth-order valence-corrected chi connectivity index (χ4v) is 3.80. The Morgan fingerprint density at radius 1 is 1.13 bits per heavy atom. The molecule has 2 fully saturated rings. The molecule has 23 heavy (non-hydrogen) atoms. The van der Waals surface area contributed by atoms with Crippen molar-refractivity contribution in [1.29, 1.82) is 0 Å². The maximum atomic E-state index is 11.8. The number of amides is 1. The Balaban J connectivity index is 1.69. The van der Waals surface area contributed by atoms with E-state index in [0.717, 1.165) is 43.9 Å². The van der Waals surface area contributed by atoms with E-state index in [4.69, 9.17) is 0 Å². The van der Waals surface area contributed by atoms with Gasteiger partial charge in [-0.15, -0.1) is 0 Å². The lowest BCUT2D eigenvalue weighted by Gasteiger charge is -2.28. The van der Waals surface area contributed by atoms with Crippen molar-refractivity contribution in [2.75, 3.05) is 26.7 Å². The molecule has 1 aliphatic carbocycles. The van der Waals surface area contributed by atoms with E-state index in [1.807, 2.05) is 18.9 Å². The van der Waals surface area contributed by atoms with Crippen molar-refractivity contribution in [1.82, 2.24) is 15.5 Å². The van der Waals surface area contributed by atoms with Gasteiger partial charge in [0.1, 0.15) is 0 Å². The lowest BCUT2D eigenvalue weighted by molar-refractivity contribution is -0.129. The number of carbonyl (C=O) groups excluding carboxylic acids is 1. The predicted molar refractivity (Wildman–Crippen MR) is 95.5 cm³/mol. The number of hydrogen-bond acceptors (Lipinski definition) is 2. The molecule has 0 radical (unpaired) electrons. The van der Waals surface area contributed by atoms with Crippen molar-refractivity contribution in [3.63, 3.8) is 0 Å². The van der Waals surface area contributed by atoms with E-state index in [2.05, 4.69) is 22.5 Å². The molecule has 5 heteroatoms. The Morgan fingerprint density at radius 3 is 2.43 bits per heavy atom. The molecule has 1 saturated heterocycles. The molecule has 0 aromatic carbocycles. The molecule has 1 unspecified atom stereocenters. The minimum atomic E-state index is 0.255. The summed E-state index contributed by atoms with van der Waals surface area (Å²) in [6.45, 7) is 6.91. The number of hydrogen-bond donors (Lipinski definition) is 2. The maximum Gasteiger partial charge on any atom is 0.222 e. The molecule has 1 amide bonds. The SMILES string of the molecule is CCC(=O)N1CCC(NC(=NC)NCC2CCC(CC)CC2)C1. The van der Waals surface area contributed by atoms with Crippen LogP contribution in [0.5, 0.6) is 0 Å². The molecule has 0 bridgehead atoms. The van der Waals surface area contributed by atoms with Crippen LogP contribution in [0, 0.1) is 11.8 Å². The second-order valence-electron chi connectivity index (χ2n) is 7.07. The number of aliphatic imine (C=N–C) groups is 1. The van der Waals surface area contributed by atoms with E-state index in [-0.39, 0.29) is 5.91 Å². The minimum Gasteiger partial charge on any atom is -0.356 e. The lowest BCUT2D eigenvalue weighted by atomic mass is 9.81. The minimum absolute atomic E-state index is 0.255. The van der Waals surface area contributed by atoms with Crippen molar-refractivity contribution < 1.29 is 4.79 Å². The van der Waals surface area contributed by atoms with Crippen LogP contribution in [0.2, 0.25) is 0 Å². The van der Waals surface area contributed by atoms with Gasteiger partial charge in [0.15, 0.2) is 5.96 Å². The summed E-state index contributed by atoms with van der Waals surface area (Å²) >= 11 is 0. The van der Waals surface area contributed by atoms with Crippen LogP contribution in [0.4, 0.5) is 0 Å². The second kappa shape index (κ2) is 9.14. The van der Waals surface area contributed by atoms with Crippen molar-refractivity contribution >= 4 is 11.9 Å². The molecular weight excluding hydrogens is 288 g/mol. The highest BCUT2D eigenvalue weighted by molar-refractivity contribution is 5.80. The Labute approximate surface area is 141 Å². The van der Waals surface area contributed by atoms with Gasteiger partial charge >= 0.3 is 0 Å². The van der Waals surface area contributed by atoms with Crippen LogP contribution in [0.15, 0.2) is 4.99 Å².